The second-order valence-electron chi connectivity index (χ2n) is 12.4. The van der Waals surface area contributed by atoms with Gasteiger partial charge in [0.2, 0.25) is 0 Å². The van der Waals surface area contributed by atoms with Gasteiger partial charge < -0.3 is 14.2 Å². The van der Waals surface area contributed by atoms with Crippen LogP contribution in [0.25, 0.3) is 11.1 Å². The zero-order chi connectivity index (χ0) is 32.0. The first-order valence-electron chi connectivity index (χ1n) is 17.9. The molecule has 0 saturated carbocycles. The Bertz CT molecular complexity index is 1170. The van der Waals surface area contributed by atoms with Gasteiger partial charge in [-0.25, -0.2) is 4.79 Å². The molecule has 0 spiro atoms. The number of unbranched alkanes of at least 4 members (excludes halogenated alkanes) is 14. The molecule has 0 bridgehead atoms. The van der Waals surface area contributed by atoms with Crippen LogP contribution in [-0.2, 0) is 4.74 Å². The number of benzene rings is 3. The monoisotopic (exact) mass is 614 g/mol. The van der Waals surface area contributed by atoms with Crippen molar-refractivity contribution in [3.63, 3.8) is 0 Å². The van der Waals surface area contributed by atoms with Gasteiger partial charge in [0, 0.05) is 6.61 Å². The van der Waals surface area contributed by atoms with Gasteiger partial charge in [0.1, 0.15) is 11.5 Å². The molecule has 4 heteroatoms. The average molecular weight is 615 g/mol. The minimum atomic E-state index is -0.365. The average Bonchev–Trinajstić information content (AvgIpc) is 3.07. The van der Waals surface area contributed by atoms with Crippen LogP contribution >= 0.6 is 0 Å². The first-order valence-corrected chi connectivity index (χ1v) is 17.9. The Labute approximate surface area is 273 Å². The highest BCUT2D eigenvalue weighted by Crippen LogP contribution is 2.25. The third-order valence-corrected chi connectivity index (χ3v) is 8.50. The predicted octanol–water partition coefficient (Wildman–Crippen LogP) is 12.3. The first-order chi connectivity index (χ1) is 22.1. The quantitative estimate of drug-likeness (QED) is 0.0572. The normalized spacial score (nSPS) is 11.8. The van der Waals surface area contributed by atoms with Crippen molar-refractivity contribution in [1.82, 2.24) is 0 Å². The summed E-state index contributed by atoms with van der Waals surface area (Å²) in [7, 11) is 0. The maximum Gasteiger partial charge on any atom is 0.343 e. The molecule has 45 heavy (non-hydrogen) atoms. The molecule has 3 aromatic rings. The molecule has 3 rings (SSSR count). The summed E-state index contributed by atoms with van der Waals surface area (Å²) >= 11 is 0. The fraction of sp³-hybridized carbons (Fsp3) is 0.537. The van der Waals surface area contributed by atoms with Crippen LogP contribution in [0.3, 0.4) is 0 Å². The molecule has 0 saturated heterocycles. The second kappa shape index (κ2) is 22.4. The minimum Gasteiger partial charge on any atom is -0.494 e. The fourth-order valence-corrected chi connectivity index (χ4v) is 5.50. The summed E-state index contributed by atoms with van der Waals surface area (Å²) in [5.41, 5.74) is 3.73. The lowest BCUT2D eigenvalue weighted by Gasteiger charge is -2.14. The van der Waals surface area contributed by atoms with E-state index in [1.807, 2.05) is 72.8 Å². The van der Waals surface area contributed by atoms with Gasteiger partial charge in [0.15, 0.2) is 0 Å². The Hall–Kier alpha value is -3.11. The number of ether oxygens (including phenoxy) is 3. The van der Waals surface area contributed by atoms with Crippen molar-refractivity contribution in [3.8, 4) is 22.6 Å². The molecule has 3 aromatic carbocycles. The maximum atomic E-state index is 12.8. The standard InChI is InChI=1S/C41H58O4/c1-4-6-8-9-10-11-12-13-14-15-16-17-18-19-33-43-34(3)35-24-30-40(31-25-35)45-41(42)38-22-20-36(21-23-38)37-26-28-39(29-27-37)44-32-7-5-2/h20-31,34H,4-19,32-33H2,1-3H3. The Morgan fingerprint density at radius 3 is 1.53 bits per heavy atom. The molecule has 1 atom stereocenters. The summed E-state index contributed by atoms with van der Waals surface area (Å²) in [6, 6.07) is 23.2. The Kier molecular flexibility index (Phi) is 18.1. The van der Waals surface area contributed by atoms with Crippen LogP contribution in [0, 0.1) is 0 Å². The van der Waals surface area contributed by atoms with Crippen LogP contribution in [-0.4, -0.2) is 19.2 Å². The molecular weight excluding hydrogens is 556 g/mol. The summed E-state index contributed by atoms with van der Waals surface area (Å²) in [5.74, 6) is 1.05. The van der Waals surface area contributed by atoms with Crippen LogP contribution in [0.1, 0.15) is 146 Å². The van der Waals surface area contributed by atoms with E-state index in [-0.39, 0.29) is 12.1 Å². The number of carbonyl (C=O) groups excluding carboxylic acids is 1. The number of rotatable bonds is 24. The maximum absolute atomic E-state index is 12.8. The Balaban J connectivity index is 1.27. The zero-order valence-electron chi connectivity index (χ0n) is 28.4. The summed E-state index contributed by atoms with van der Waals surface area (Å²) in [4.78, 5) is 12.8. The van der Waals surface area contributed by atoms with Crippen molar-refractivity contribution in [2.45, 2.75) is 130 Å². The second-order valence-corrected chi connectivity index (χ2v) is 12.4. The van der Waals surface area contributed by atoms with Gasteiger partial charge in [-0.15, -0.1) is 0 Å². The van der Waals surface area contributed by atoms with E-state index in [1.165, 1.54) is 83.5 Å². The summed E-state index contributed by atoms with van der Waals surface area (Å²) in [6.45, 7) is 8.04. The van der Waals surface area contributed by atoms with Crippen molar-refractivity contribution in [3.05, 3.63) is 83.9 Å². The number of esters is 1. The van der Waals surface area contributed by atoms with Gasteiger partial charge in [0.25, 0.3) is 0 Å². The molecule has 1 unspecified atom stereocenters. The van der Waals surface area contributed by atoms with Crippen LogP contribution < -0.4 is 9.47 Å². The molecule has 0 amide bonds. The SMILES string of the molecule is CCCCCCCCCCCCCCCCOC(C)c1ccc(OC(=O)c2ccc(-c3ccc(OCCCC)cc3)cc2)cc1. The van der Waals surface area contributed by atoms with Crippen LogP contribution in [0.4, 0.5) is 0 Å². The van der Waals surface area contributed by atoms with E-state index >= 15 is 0 Å². The largest absolute Gasteiger partial charge is 0.494 e. The third kappa shape index (κ3) is 14.7. The number of carbonyl (C=O) groups is 1. The van der Waals surface area contributed by atoms with Crippen LogP contribution in [0.5, 0.6) is 11.5 Å². The van der Waals surface area contributed by atoms with E-state index in [1.54, 1.807) is 0 Å². The molecule has 0 radical (unpaired) electrons. The summed E-state index contributed by atoms with van der Waals surface area (Å²) < 4.78 is 17.5. The molecule has 246 valence electrons. The van der Waals surface area contributed by atoms with E-state index in [4.69, 9.17) is 14.2 Å². The lowest BCUT2D eigenvalue weighted by Crippen LogP contribution is -2.08. The molecular formula is C41H58O4. The molecule has 0 aliphatic rings. The van der Waals surface area contributed by atoms with Crippen molar-refractivity contribution in [2.24, 2.45) is 0 Å². The summed E-state index contributed by atoms with van der Waals surface area (Å²) in [5, 5.41) is 0. The molecule has 0 aromatic heterocycles. The van der Waals surface area contributed by atoms with Gasteiger partial charge >= 0.3 is 5.97 Å². The molecule has 0 aliphatic heterocycles. The van der Waals surface area contributed by atoms with Crippen LogP contribution in [0.2, 0.25) is 0 Å². The highest BCUT2D eigenvalue weighted by molar-refractivity contribution is 5.91. The van der Waals surface area contributed by atoms with Gasteiger partial charge in [0.05, 0.1) is 18.3 Å². The molecule has 0 fully saturated rings. The third-order valence-electron chi connectivity index (χ3n) is 8.50. The minimum absolute atomic E-state index is 0.0150. The topological polar surface area (TPSA) is 44.8 Å². The predicted molar refractivity (Wildman–Crippen MR) is 188 cm³/mol. The van der Waals surface area contributed by atoms with Gasteiger partial charge in [-0.2, -0.15) is 0 Å². The zero-order valence-corrected chi connectivity index (χ0v) is 28.4. The highest BCUT2D eigenvalue weighted by Gasteiger charge is 2.11. The Morgan fingerprint density at radius 1 is 0.533 bits per heavy atom. The van der Waals surface area contributed by atoms with Crippen molar-refractivity contribution in [1.29, 1.82) is 0 Å². The lowest BCUT2D eigenvalue weighted by molar-refractivity contribution is 0.0627. The van der Waals surface area contributed by atoms with Gasteiger partial charge in [-0.3, -0.25) is 0 Å². The first kappa shape index (κ1) is 36.4. The summed E-state index contributed by atoms with van der Waals surface area (Å²) in [6.07, 6.45) is 21.2. The van der Waals surface area contributed by atoms with Gasteiger partial charge in [-0.1, -0.05) is 140 Å². The lowest BCUT2D eigenvalue weighted by atomic mass is 10.0. The van der Waals surface area contributed by atoms with E-state index < -0.39 is 0 Å². The number of hydrogen-bond donors (Lipinski definition) is 0. The van der Waals surface area contributed by atoms with E-state index in [0.29, 0.717) is 11.3 Å². The molecule has 4 nitrogen and oxygen atoms in total. The molecule has 0 heterocycles. The molecule has 0 N–H and O–H groups in total. The van der Waals surface area contributed by atoms with Crippen molar-refractivity contribution < 1.29 is 19.0 Å². The van der Waals surface area contributed by atoms with Crippen molar-refractivity contribution in [2.75, 3.05) is 13.2 Å². The van der Waals surface area contributed by atoms with Crippen molar-refractivity contribution >= 4 is 5.97 Å². The fourth-order valence-electron chi connectivity index (χ4n) is 5.50. The van der Waals surface area contributed by atoms with Gasteiger partial charge in [-0.05, 0) is 72.9 Å². The Morgan fingerprint density at radius 2 is 1.00 bits per heavy atom. The van der Waals surface area contributed by atoms with Crippen LogP contribution in [0.15, 0.2) is 72.8 Å². The van der Waals surface area contributed by atoms with E-state index in [2.05, 4.69) is 20.8 Å². The van der Waals surface area contributed by atoms with E-state index in [0.717, 1.165) is 54.9 Å². The van der Waals surface area contributed by atoms with E-state index in [9.17, 15) is 4.79 Å². The highest BCUT2D eigenvalue weighted by atomic mass is 16.5. The molecule has 0 aliphatic carbocycles. The number of hydrogen-bond acceptors (Lipinski definition) is 4. The smallest absolute Gasteiger partial charge is 0.343 e.